The molecule has 1 atom stereocenters. The number of benzene rings is 3. The summed E-state index contributed by atoms with van der Waals surface area (Å²) >= 11 is 0. The van der Waals surface area contributed by atoms with Crippen molar-refractivity contribution in [1.82, 2.24) is 5.32 Å². The molecule has 134 valence electrons. The fourth-order valence-electron chi connectivity index (χ4n) is 3.21. The minimum Gasteiger partial charge on any atom is -0.323 e. The summed E-state index contributed by atoms with van der Waals surface area (Å²) in [5.41, 5.74) is 1.86. The zero-order valence-electron chi connectivity index (χ0n) is 14.5. The zero-order chi connectivity index (χ0) is 18.6. The van der Waals surface area contributed by atoms with Crippen molar-refractivity contribution in [3.63, 3.8) is 0 Å². The van der Waals surface area contributed by atoms with E-state index in [0.717, 1.165) is 16.7 Å². The van der Waals surface area contributed by atoms with Gasteiger partial charge in [0, 0.05) is 0 Å². The molecule has 5 heteroatoms. The van der Waals surface area contributed by atoms with Crippen molar-refractivity contribution in [3.05, 3.63) is 108 Å². The fraction of sp³-hybridized carbons (Fsp3) is 0.143. The highest BCUT2D eigenvalue weighted by Gasteiger charge is 2.40. The lowest BCUT2D eigenvalue weighted by Crippen LogP contribution is -2.48. The van der Waals surface area contributed by atoms with Gasteiger partial charge in [-0.3, -0.25) is 9.88 Å². The Morgan fingerprint density at radius 1 is 0.731 bits per heavy atom. The lowest BCUT2D eigenvalue weighted by molar-refractivity contribution is 0.333. The Bertz CT molecular complexity index is 782. The van der Waals surface area contributed by atoms with Gasteiger partial charge < -0.3 is 9.79 Å². The van der Waals surface area contributed by atoms with E-state index in [4.69, 9.17) is 0 Å². The molecule has 0 saturated carbocycles. The predicted molar refractivity (Wildman–Crippen MR) is 104 cm³/mol. The van der Waals surface area contributed by atoms with Crippen LogP contribution in [-0.4, -0.2) is 15.6 Å². The van der Waals surface area contributed by atoms with Gasteiger partial charge in [0.25, 0.3) is 0 Å². The minimum atomic E-state index is -4.33. The Hall–Kier alpha value is -2.23. The van der Waals surface area contributed by atoms with E-state index in [1.165, 1.54) is 6.92 Å². The second-order valence-electron chi connectivity index (χ2n) is 6.26. The molecule has 1 unspecified atom stereocenters. The van der Waals surface area contributed by atoms with Crippen molar-refractivity contribution >= 4 is 7.60 Å². The lowest BCUT2D eigenvalue weighted by atomic mass is 9.77. The third-order valence-corrected chi connectivity index (χ3v) is 5.69. The summed E-state index contributed by atoms with van der Waals surface area (Å²) in [6.07, 6.45) is 0. The van der Waals surface area contributed by atoms with E-state index in [-0.39, 0.29) is 0 Å². The molecule has 0 amide bonds. The molecule has 26 heavy (non-hydrogen) atoms. The van der Waals surface area contributed by atoms with Crippen molar-refractivity contribution in [1.29, 1.82) is 0 Å². The molecule has 3 aromatic rings. The van der Waals surface area contributed by atoms with Crippen molar-refractivity contribution in [2.45, 2.75) is 18.2 Å². The first-order chi connectivity index (χ1) is 12.4. The van der Waals surface area contributed by atoms with Gasteiger partial charge in [0.1, 0.15) is 5.78 Å². The highest BCUT2D eigenvalue weighted by Crippen LogP contribution is 2.44. The molecule has 0 aliphatic carbocycles. The lowest BCUT2D eigenvalue weighted by Gasteiger charge is -2.39. The topological polar surface area (TPSA) is 69.6 Å². The van der Waals surface area contributed by atoms with E-state index in [1.54, 1.807) is 0 Å². The summed E-state index contributed by atoms with van der Waals surface area (Å²) in [6, 6.07) is 29.2. The largest absolute Gasteiger partial charge is 0.342 e. The van der Waals surface area contributed by atoms with E-state index < -0.39 is 18.9 Å². The number of nitrogens with one attached hydrogen (secondary N) is 1. The second kappa shape index (κ2) is 7.56. The van der Waals surface area contributed by atoms with Gasteiger partial charge in [-0.25, -0.2) is 0 Å². The highest BCUT2D eigenvalue weighted by molar-refractivity contribution is 7.52. The van der Waals surface area contributed by atoms with Crippen LogP contribution in [0.15, 0.2) is 91.0 Å². The van der Waals surface area contributed by atoms with Crippen LogP contribution in [0, 0.1) is 0 Å². The molecule has 0 aromatic heterocycles. The quantitative estimate of drug-likeness (QED) is 0.453. The molecule has 4 nitrogen and oxygen atoms in total. The molecule has 0 heterocycles. The molecule has 0 spiro atoms. The number of rotatable bonds is 6. The van der Waals surface area contributed by atoms with Gasteiger partial charge in [-0.2, -0.15) is 0 Å². The fourth-order valence-corrected chi connectivity index (χ4v) is 3.57. The average Bonchev–Trinajstić information content (AvgIpc) is 2.67. The van der Waals surface area contributed by atoms with Crippen LogP contribution in [0.1, 0.15) is 23.6 Å². The summed E-state index contributed by atoms with van der Waals surface area (Å²) in [4.78, 5) is 19.5. The molecule has 0 fully saturated rings. The number of hydrogen-bond donors (Lipinski definition) is 3. The van der Waals surface area contributed by atoms with Gasteiger partial charge in [0.05, 0.1) is 5.54 Å². The molecule has 0 radical (unpaired) electrons. The molecule has 0 saturated heterocycles. The van der Waals surface area contributed by atoms with Gasteiger partial charge >= 0.3 is 7.60 Å². The summed E-state index contributed by atoms with van der Waals surface area (Å²) in [7, 11) is -4.33. The Balaban J connectivity index is 2.30. The molecule has 3 aromatic carbocycles. The zero-order valence-corrected chi connectivity index (χ0v) is 15.4. The van der Waals surface area contributed by atoms with Crippen LogP contribution in [0.5, 0.6) is 0 Å². The first-order valence-electron chi connectivity index (χ1n) is 8.44. The molecule has 0 bridgehead atoms. The highest BCUT2D eigenvalue weighted by atomic mass is 31.2. The van der Waals surface area contributed by atoms with Crippen LogP contribution in [0.4, 0.5) is 0 Å². The Labute approximate surface area is 153 Å². The van der Waals surface area contributed by atoms with Gasteiger partial charge in [0.2, 0.25) is 0 Å². The van der Waals surface area contributed by atoms with Crippen LogP contribution in [0.2, 0.25) is 0 Å². The maximum atomic E-state index is 11.9. The van der Waals surface area contributed by atoms with Crippen LogP contribution >= 0.6 is 7.60 Å². The number of hydrogen-bond acceptors (Lipinski definition) is 2. The monoisotopic (exact) mass is 367 g/mol. The van der Waals surface area contributed by atoms with E-state index in [1.807, 2.05) is 91.0 Å². The smallest absolute Gasteiger partial charge is 0.323 e. The maximum Gasteiger partial charge on any atom is 0.342 e. The van der Waals surface area contributed by atoms with Crippen LogP contribution in [0.3, 0.4) is 0 Å². The Kier molecular flexibility index (Phi) is 5.40. The SMILES string of the molecule is CC(NC(c1ccccc1)(c1ccccc1)c1ccccc1)P(=O)(O)O. The molecular formula is C21H22NO3P. The maximum absolute atomic E-state index is 11.9. The van der Waals surface area contributed by atoms with Gasteiger partial charge in [-0.1, -0.05) is 91.0 Å². The summed E-state index contributed by atoms with van der Waals surface area (Å²) in [6.45, 7) is 1.52. The molecule has 0 aliphatic heterocycles. The van der Waals surface area contributed by atoms with E-state index >= 15 is 0 Å². The van der Waals surface area contributed by atoms with Crippen molar-refractivity contribution in [2.75, 3.05) is 0 Å². The molecule has 0 aliphatic rings. The Morgan fingerprint density at radius 2 is 1.04 bits per heavy atom. The van der Waals surface area contributed by atoms with Gasteiger partial charge in [-0.05, 0) is 23.6 Å². The normalized spacial score (nSPS) is 13.3. The predicted octanol–water partition coefficient (Wildman–Crippen LogP) is 4.09. The van der Waals surface area contributed by atoms with Gasteiger partial charge in [-0.15, -0.1) is 0 Å². The minimum absolute atomic E-state index is 0.885. The van der Waals surface area contributed by atoms with Crippen LogP contribution < -0.4 is 5.32 Å². The molecule has 3 rings (SSSR count). The van der Waals surface area contributed by atoms with Crippen molar-refractivity contribution in [2.24, 2.45) is 0 Å². The summed E-state index contributed by atoms with van der Waals surface area (Å²) in [5, 5.41) is 3.26. The first kappa shape index (κ1) is 18.6. The second-order valence-corrected chi connectivity index (χ2v) is 8.21. The van der Waals surface area contributed by atoms with Crippen LogP contribution in [0.25, 0.3) is 0 Å². The van der Waals surface area contributed by atoms with E-state index in [9.17, 15) is 14.4 Å². The third-order valence-electron chi connectivity index (χ3n) is 4.55. The first-order valence-corrected chi connectivity index (χ1v) is 10.1. The molecule has 3 N–H and O–H groups in total. The standard InChI is InChI=1S/C21H22NO3P/c1-17(26(23,24)25)22-21(18-11-5-2-6-12-18,19-13-7-3-8-14-19)20-15-9-4-10-16-20/h2-17,22H,1H3,(H2,23,24,25). The van der Waals surface area contributed by atoms with Crippen molar-refractivity contribution < 1.29 is 14.4 Å². The Morgan fingerprint density at radius 3 is 1.31 bits per heavy atom. The van der Waals surface area contributed by atoms with Gasteiger partial charge in [0.15, 0.2) is 0 Å². The third kappa shape index (κ3) is 3.64. The van der Waals surface area contributed by atoms with E-state index in [2.05, 4.69) is 5.32 Å². The summed E-state index contributed by atoms with van der Waals surface area (Å²) in [5.74, 6) is -1.02. The molecular weight excluding hydrogens is 345 g/mol. The summed E-state index contributed by atoms with van der Waals surface area (Å²) < 4.78 is 11.9. The average molecular weight is 367 g/mol. The van der Waals surface area contributed by atoms with Crippen LogP contribution in [-0.2, 0) is 10.1 Å². The van der Waals surface area contributed by atoms with Crippen molar-refractivity contribution in [3.8, 4) is 0 Å². The van der Waals surface area contributed by atoms with E-state index in [0.29, 0.717) is 0 Å².